The van der Waals surface area contributed by atoms with E-state index >= 15 is 0 Å². The quantitative estimate of drug-likeness (QED) is 0.575. The molecule has 0 atom stereocenters. The average molecular weight is 297 g/mol. The summed E-state index contributed by atoms with van der Waals surface area (Å²) in [5, 5.41) is 4.47. The zero-order valence-electron chi connectivity index (χ0n) is 12.5. The molecule has 2 aromatic heterocycles. The van der Waals surface area contributed by atoms with Gasteiger partial charge in [0.2, 0.25) is 0 Å². The number of hydrogen-bond acceptors (Lipinski definition) is 3. The molecule has 0 aliphatic carbocycles. The molecule has 0 saturated heterocycles. The molecular formula is C20H15N3. The molecule has 23 heavy (non-hydrogen) atoms. The van der Waals surface area contributed by atoms with Gasteiger partial charge in [-0.3, -0.25) is 4.98 Å². The number of benzene rings is 2. The van der Waals surface area contributed by atoms with Gasteiger partial charge >= 0.3 is 0 Å². The first-order chi connectivity index (χ1) is 11.4. The number of aromatic nitrogens is 2. The lowest BCUT2D eigenvalue weighted by molar-refractivity contribution is 1.32. The normalized spacial score (nSPS) is 10.6. The molecule has 0 unspecified atom stereocenters. The van der Waals surface area contributed by atoms with Crippen LogP contribution in [0.3, 0.4) is 0 Å². The largest absolute Gasteiger partial charge is 0.340 e. The van der Waals surface area contributed by atoms with Crippen molar-refractivity contribution in [1.82, 2.24) is 9.97 Å². The Morgan fingerprint density at radius 1 is 0.739 bits per heavy atom. The highest BCUT2D eigenvalue weighted by atomic mass is 15.0. The second-order valence-electron chi connectivity index (χ2n) is 5.30. The Morgan fingerprint density at radius 2 is 1.57 bits per heavy atom. The molecule has 4 rings (SSSR count). The SMILES string of the molecule is c1ccc(-c2ccccc2Nc2ccc3cnccc3n2)cc1. The van der Waals surface area contributed by atoms with E-state index in [2.05, 4.69) is 39.6 Å². The van der Waals surface area contributed by atoms with Gasteiger partial charge in [-0.1, -0.05) is 48.5 Å². The fourth-order valence-electron chi connectivity index (χ4n) is 2.63. The fraction of sp³-hybridized carbons (Fsp3) is 0. The van der Waals surface area contributed by atoms with E-state index in [9.17, 15) is 0 Å². The summed E-state index contributed by atoms with van der Waals surface area (Å²) in [5.41, 5.74) is 4.31. The smallest absolute Gasteiger partial charge is 0.131 e. The van der Waals surface area contributed by atoms with Crippen molar-refractivity contribution in [3.05, 3.63) is 85.2 Å². The molecule has 2 heterocycles. The van der Waals surface area contributed by atoms with Gasteiger partial charge in [0, 0.05) is 29.0 Å². The Morgan fingerprint density at radius 3 is 2.48 bits per heavy atom. The summed E-state index contributed by atoms with van der Waals surface area (Å²) in [6.45, 7) is 0. The van der Waals surface area contributed by atoms with E-state index in [1.54, 1.807) is 6.20 Å². The first-order valence-corrected chi connectivity index (χ1v) is 7.52. The highest BCUT2D eigenvalue weighted by Crippen LogP contribution is 2.29. The number of pyridine rings is 2. The molecule has 0 aliphatic heterocycles. The zero-order chi connectivity index (χ0) is 15.5. The molecule has 3 heteroatoms. The molecule has 0 amide bonds. The van der Waals surface area contributed by atoms with Crippen LogP contribution in [-0.2, 0) is 0 Å². The Hall–Kier alpha value is -3.20. The van der Waals surface area contributed by atoms with Gasteiger partial charge in [0.1, 0.15) is 5.82 Å². The number of hydrogen-bond donors (Lipinski definition) is 1. The first kappa shape index (κ1) is 13.5. The molecule has 0 aliphatic rings. The highest BCUT2D eigenvalue weighted by molar-refractivity contribution is 5.83. The third kappa shape index (κ3) is 2.77. The summed E-state index contributed by atoms with van der Waals surface area (Å²) < 4.78 is 0. The predicted molar refractivity (Wildman–Crippen MR) is 94.7 cm³/mol. The Bertz CT molecular complexity index is 949. The lowest BCUT2D eigenvalue weighted by Gasteiger charge is -2.12. The maximum absolute atomic E-state index is 4.65. The van der Waals surface area contributed by atoms with Gasteiger partial charge in [-0.05, 0) is 29.8 Å². The first-order valence-electron chi connectivity index (χ1n) is 7.52. The van der Waals surface area contributed by atoms with Crippen LogP contribution < -0.4 is 5.32 Å². The van der Waals surface area contributed by atoms with Crippen LogP contribution in [0, 0.1) is 0 Å². The molecule has 0 saturated carbocycles. The molecule has 110 valence electrons. The number of nitrogens with zero attached hydrogens (tertiary/aromatic N) is 2. The van der Waals surface area contributed by atoms with Gasteiger partial charge in [0.15, 0.2) is 0 Å². The third-order valence-corrected chi connectivity index (χ3v) is 3.76. The lowest BCUT2D eigenvalue weighted by atomic mass is 10.0. The van der Waals surface area contributed by atoms with Crippen molar-refractivity contribution in [2.45, 2.75) is 0 Å². The lowest BCUT2D eigenvalue weighted by Crippen LogP contribution is -1.96. The van der Waals surface area contributed by atoms with Gasteiger partial charge in [-0.25, -0.2) is 4.98 Å². The minimum Gasteiger partial charge on any atom is -0.340 e. The third-order valence-electron chi connectivity index (χ3n) is 3.76. The van der Waals surface area contributed by atoms with Crippen LogP contribution in [0.4, 0.5) is 11.5 Å². The molecule has 0 spiro atoms. The Kier molecular flexibility index (Phi) is 3.45. The fourth-order valence-corrected chi connectivity index (χ4v) is 2.63. The molecule has 4 aromatic rings. The minimum absolute atomic E-state index is 0.826. The Labute approximate surface area is 134 Å². The second-order valence-corrected chi connectivity index (χ2v) is 5.30. The summed E-state index contributed by atoms with van der Waals surface area (Å²) in [7, 11) is 0. The molecule has 0 radical (unpaired) electrons. The van der Waals surface area contributed by atoms with Crippen LogP contribution in [0.2, 0.25) is 0 Å². The summed E-state index contributed by atoms with van der Waals surface area (Å²) in [6.07, 6.45) is 3.58. The van der Waals surface area contributed by atoms with E-state index in [-0.39, 0.29) is 0 Å². The molecule has 2 aromatic carbocycles. The van der Waals surface area contributed by atoms with Crippen molar-refractivity contribution >= 4 is 22.4 Å². The molecule has 0 fully saturated rings. The summed E-state index contributed by atoms with van der Waals surface area (Å²) in [4.78, 5) is 8.77. The van der Waals surface area contributed by atoms with E-state index < -0.39 is 0 Å². The van der Waals surface area contributed by atoms with Crippen molar-refractivity contribution < 1.29 is 0 Å². The van der Waals surface area contributed by atoms with E-state index in [0.717, 1.165) is 28.0 Å². The van der Waals surface area contributed by atoms with Crippen molar-refractivity contribution in [3.63, 3.8) is 0 Å². The summed E-state index contributed by atoms with van der Waals surface area (Å²) >= 11 is 0. The van der Waals surface area contributed by atoms with Gasteiger partial charge < -0.3 is 5.32 Å². The van der Waals surface area contributed by atoms with Crippen molar-refractivity contribution in [3.8, 4) is 11.1 Å². The highest BCUT2D eigenvalue weighted by Gasteiger charge is 2.05. The van der Waals surface area contributed by atoms with Gasteiger partial charge in [-0.15, -0.1) is 0 Å². The van der Waals surface area contributed by atoms with E-state index in [4.69, 9.17) is 0 Å². The number of fused-ring (bicyclic) bond motifs is 1. The maximum atomic E-state index is 4.65. The standard InChI is InChI=1S/C20H15N3/c1-2-6-15(7-3-1)17-8-4-5-9-19(17)23-20-11-10-16-14-21-13-12-18(16)22-20/h1-14H,(H,22,23). The zero-order valence-corrected chi connectivity index (χ0v) is 12.5. The number of rotatable bonds is 3. The number of anilines is 2. The van der Waals surface area contributed by atoms with Crippen LogP contribution >= 0.6 is 0 Å². The van der Waals surface area contributed by atoms with Gasteiger partial charge in [0.25, 0.3) is 0 Å². The van der Waals surface area contributed by atoms with Gasteiger partial charge in [0.05, 0.1) is 5.52 Å². The Balaban J connectivity index is 1.73. The summed E-state index contributed by atoms with van der Waals surface area (Å²) in [6, 6.07) is 24.5. The van der Waals surface area contributed by atoms with Crippen LogP contribution in [0.5, 0.6) is 0 Å². The van der Waals surface area contributed by atoms with Crippen molar-refractivity contribution in [2.24, 2.45) is 0 Å². The van der Waals surface area contributed by atoms with Crippen LogP contribution in [0.1, 0.15) is 0 Å². The minimum atomic E-state index is 0.826. The molecular weight excluding hydrogens is 282 g/mol. The topological polar surface area (TPSA) is 37.8 Å². The van der Waals surface area contributed by atoms with Crippen molar-refractivity contribution in [1.29, 1.82) is 0 Å². The van der Waals surface area contributed by atoms with Gasteiger partial charge in [-0.2, -0.15) is 0 Å². The summed E-state index contributed by atoms with van der Waals surface area (Å²) in [5.74, 6) is 0.826. The number of nitrogens with one attached hydrogen (secondary N) is 1. The average Bonchev–Trinajstić information content (AvgIpc) is 2.63. The van der Waals surface area contributed by atoms with E-state index in [1.165, 1.54) is 5.56 Å². The molecule has 3 nitrogen and oxygen atoms in total. The van der Waals surface area contributed by atoms with Crippen LogP contribution in [0.15, 0.2) is 85.2 Å². The second kappa shape index (κ2) is 5.89. The van der Waals surface area contributed by atoms with Crippen LogP contribution in [0.25, 0.3) is 22.0 Å². The van der Waals surface area contributed by atoms with Crippen LogP contribution in [-0.4, -0.2) is 9.97 Å². The number of para-hydroxylation sites is 1. The molecule has 1 N–H and O–H groups in total. The predicted octanol–water partition coefficient (Wildman–Crippen LogP) is 5.04. The maximum Gasteiger partial charge on any atom is 0.131 e. The monoisotopic (exact) mass is 297 g/mol. The van der Waals surface area contributed by atoms with Crippen molar-refractivity contribution in [2.75, 3.05) is 5.32 Å². The molecule has 0 bridgehead atoms. The van der Waals surface area contributed by atoms with E-state index in [0.29, 0.717) is 0 Å². The van der Waals surface area contributed by atoms with E-state index in [1.807, 2.05) is 54.7 Å².